The van der Waals surface area contributed by atoms with E-state index in [0.717, 1.165) is 47.0 Å². The summed E-state index contributed by atoms with van der Waals surface area (Å²) in [4.78, 5) is 19.7. The highest BCUT2D eigenvalue weighted by molar-refractivity contribution is 9.10. The molecule has 1 unspecified atom stereocenters. The van der Waals surface area contributed by atoms with Crippen molar-refractivity contribution in [1.29, 1.82) is 0 Å². The molecule has 4 rings (SSSR count). The predicted molar refractivity (Wildman–Crippen MR) is 125 cm³/mol. The van der Waals surface area contributed by atoms with Crippen molar-refractivity contribution in [2.75, 3.05) is 27.0 Å². The van der Waals surface area contributed by atoms with Gasteiger partial charge in [-0.1, -0.05) is 12.1 Å². The number of aryl methyl sites for hydroxylation is 1. The second-order valence-corrected chi connectivity index (χ2v) is 8.76. The van der Waals surface area contributed by atoms with Crippen LogP contribution in [-0.2, 0) is 7.05 Å². The van der Waals surface area contributed by atoms with Crippen LogP contribution in [0.15, 0.2) is 47.1 Å². The number of benzene rings is 1. The molecule has 0 aliphatic carbocycles. The van der Waals surface area contributed by atoms with Crippen molar-refractivity contribution >= 4 is 32.9 Å². The summed E-state index contributed by atoms with van der Waals surface area (Å²) in [5.41, 5.74) is 3.27. The Bertz CT molecular complexity index is 1230. The molecule has 3 heterocycles. The van der Waals surface area contributed by atoms with Crippen molar-refractivity contribution in [3.8, 4) is 0 Å². The van der Waals surface area contributed by atoms with Crippen molar-refractivity contribution in [2.24, 2.45) is 7.05 Å². The number of pyridine rings is 1. The average molecular weight is 475 g/mol. The van der Waals surface area contributed by atoms with Gasteiger partial charge in [0, 0.05) is 62.6 Å². The van der Waals surface area contributed by atoms with Crippen molar-refractivity contribution in [3.63, 3.8) is 0 Å². The number of hydrogen-bond donors (Lipinski definition) is 0. The summed E-state index contributed by atoms with van der Waals surface area (Å²) in [5, 5.41) is 1.10. The predicted octanol–water partition coefficient (Wildman–Crippen LogP) is 4.98. The van der Waals surface area contributed by atoms with Gasteiger partial charge in [0.25, 0.3) is 5.91 Å². The number of aromatic nitrogens is 2. The number of likely N-dealkylation sites (tertiary alicyclic amines) is 1. The van der Waals surface area contributed by atoms with Gasteiger partial charge in [0.05, 0.1) is 0 Å². The van der Waals surface area contributed by atoms with Crippen LogP contribution in [0.1, 0.15) is 61.6 Å². The average Bonchev–Trinajstić information content (AvgIpc) is 3.15. The lowest BCUT2D eigenvalue weighted by Crippen LogP contribution is -2.35. The highest BCUT2D eigenvalue weighted by Crippen LogP contribution is 2.34. The number of rotatable bonds is 4. The lowest BCUT2D eigenvalue weighted by atomic mass is 9.88. The molecule has 0 saturated carbocycles. The summed E-state index contributed by atoms with van der Waals surface area (Å²) in [7, 11) is 2.04. The molecule has 3 aromatic rings. The molecule has 1 atom stereocenters. The summed E-state index contributed by atoms with van der Waals surface area (Å²) < 4.78 is 48.0. The number of hydrogen-bond acceptors (Lipinski definition) is 3. The van der Waals surface area contributed by atoms with Crippen LogP contribution in [0.25, 0.3) is 11.0 Å². The molecule has 1 aliphatic heterocycles. The zero-order chi connectivity index (χ0) is 26.4. The molecular formula is C24H29BrN4O. The fraction of sp³-hybridized carbons (Fsp3) is 0.417. The minimum absolute atomic E-state index is 0.00402. The Morgan fingerprint density at radius 1 is 1.23 bits per heavy atom. The molecule has 0 N–H and O–H groups in total. The maximum Gasteiger partial charge on any atom is 0.253 e. The number of halogens is 1. The zero-order valence-electron chi connectivity index (χ0n) is 23.1. The van der Waals surface area contributed by atoms with Gasteiger partial charge in [-0.15, -0.1) is 0 Å². The van der Waals surface area contributed by atoms with Crippen molar-refractivity contribution in [2.45, 2.75) is 31.7 Å². The molecule has 1 saturated heterocycles. The largest absolute Gasteiger partial charge is 0.345 e. The maximum atomic E-state index is 12.7. The third kappa shape index (κ3) is 3.91. The number of piperidine rings is 1. The monoisotopic (exact) mass is 474 g/mol. The first kappa shape index (κ1) is 14.8. The molecule has 0 radical (unpaired) electrons. The van der Waals surface area contributed by atoms with E-state index in [4.69, 9.17) is 8.22 Å². The van der Waals surface area contributed by atoms with Gasteiger partial charge >= 0.3 is 0 Å². The molecular weight excluding hydrogens is 440 g/mol. The molecule has 1 aliphatic rings. The Balaban J connectivity index is 1.43. The number of nitrogens with zero attached hydrogens (tertiary/aromatic N) is 4. The van der Waals surface area contributed by atoms with Crippen molar-refractivity contribution in [1.82, 2.24) is 19.4 Å². The summed E-state index contributed by atoms with van der Waals surface area (Å²) >= 11 is 3.62. The summed E-state index contributed by atoms with van der Waals surface area (Å²) in [5.74, 6) is -0.719. The highest BCUT2D eigenvalue weighted by atomic mass is 79.9. The second-order valence-electron chi connectivity index (χ2n) is 7.91. The van der Waals surface area contributed by atoms with E-state index in [0.29, 0.717) is 5.92 Å². The van der Waals surface area contributed by atoms with E-state index in [-0.39, 0.29) is 16.5 Å². The second kappa shape index (κ2) is 8.52. The molecule has 30 heavy (non-hydrogen) atoms. The standard InChI is InChI=1S/C24H29BrN4O/c1-16(22-15-20-21(25)9-12-26-23(20)28(22)4)29-13-10-18(11-14-29)17-5-7-19(8-6-17)24(30)27(2)3/h5-9,12,15-16,18H,10-11,13-14H2,1-4H3/i2D3,3D3. The van der Waals surface area contributed by atoms with Crippen LogP contribution >= 0.6 is 15.9 Å². The molecule has 2 aromatic heterocycles. The summed E-state index contributed by atoms with van der Waals surface area (Å²) in [6.45, 7) is -2.07. The maximum absolute atomic E-state index is 12.7. The van der Waals surface area contributed by atoms with Gasteiger partial charge in [0.2, 0.25) is 0 Å². The Morgan fingerprint density at radius 2 is 1.93 bits per heavy atom. The van der Waals surface area contributed by atoms with Crippen molar-refractivity contribution < 1.29 is 13.0 Å². The van der Waals surface area contributed by atoms with Gasteiger partial charge in [-0.05, 0) is 84.5 Å². The number of fused-ring (bicyclic) bond motifs is 1. The molecule has 0 bridgehead atoms. The molecule has 6 heteroatoms. The summed E-state index contributed by atoms with van der Waals surface area (Å²) in [6, 6.07) is 11.0. The molecule has 1 fully saturated rings. The molecule has 1 aromatic carbocycles. The van der Waals surface area contributed by atoms with E-state index in [9.17, 15) is 4.79 Å². The van der Waals surface area contributed by atoms with E-state index in [1.54, 1.807) is 18.3 Å². The lowest BCUT2D eigenvalue weighted by Gasteiger charge is -2.36. The van der Waals surface area contributed by atoms with E-state index >= 15 is 0 Å². The molecule has 1 amide bonds. The topological polar surface area (TPSA) is 41.4 Å². The number of amides is 1. The van der Waals surface area contributed by atoms with Gasteiger partial charge in [-0.25, -0.2) is 4.98 Å². The third-order valence-corrected chi connectivity index (χ3v) is 6.94. The minimum Gasteiger partial charge on any atom is -0.345 e. The smallest absolute Gasteiger partial charge is 0.253 e. The Morgan fingerprint density at radius 3 is 2.57 bits per heavy atom. The van der Waals surface area contributed by atoms with Gasteiger partial charge in [-0.2, -0.15) is 0 Å². The first-order valence-corrected chi connectivity index (χ1v) is 10.9. The zero-order valence-corrected chi connectivity index (χ0v) is 18.7. The van der Waals surface area contributed by atoms with Crippen LogP contribution in [0.3, 0.4) is 0 Å². The van der Waals surface area contributed by atoms with Gasteiger partial charge in [0.1, 0.15) is 5.65 Å². The first-order valence-electron chi connectivity index (χ1n) is 13.1. The fourth-order valence-electron chi connectivity index (χ4n) is 4.44. The normalized spacial score (nSPS) is 20.5. The molecule has 158 valence electrons. The van der Waals surface area contributed by atoms with Gasteiger partial charge in [0.15, 0.2) is 0 Å². The Kier molecular flexibility index (Phi) is 4.19. The van der Waals surface area contributed by atoms with Crippen LogP contribution in [0.4, 0.5) is 0 Å². The van der Waals surface area contributed by atoms with E-state index in [2.05, 4.69) is 43.4 Å². The summed E-state index contributed by atoms with van der Waals surface area (Å²) in [6.07, 6.45) is 3.69. The number of carbonyl (C=O) groups excluding carboxylic acids is 1. The van der Waals surface area contributed by atoms with Gasteiger partial charge in [-0.3, -0.25) is 9.69 Å². The Hall–Kier alpha value is -2.18. The fourth-order valence-corrected chi connectivity index (χ4v) is 4.85. The SMILES string of the molecule is [2H]C([2H])([2H])N(C(=O)c1ccc(C2CCN(C(C)c3cc4c(Br)ccnc4n3C)CC2)cc1)C([2H])([2H])[2H]. The van der Waals surface area contributed by atoms with Gasteiger partial charge < -0.3 is 9.47 Å². The lowest BCUT2D eigenvalue weighted by molar-refractivity contribution is 0.0827. The van der Waals surface area contributed by atoms with E-state index in [1.807, 2.05) is 13.1 Å². The Labute approximate surface area is 195 Å². The quantitative estimate of drug-likeness (QED) is 0.535. The highest BCUT2D eigenvalue weighted by Gasteiger charge is 2.26. The molecule has 5 nitrogen and oxygen atoms in total. The molecule has 0 spiro atoms. The van der Waals surface area contributed by atoms with Crippen molar-refractivity contribution in [3.05, 3.63) is 63.9 Å². The minimum atomic E-state index is -3.05. The first-order chi connectivity index (χ1) is 16.8. The third-order valence-electron chi connectivity index (χ3n) is 6.25. The van der Waals surface area contributed by atoms with Crippen LogP contribution < -0.4 is 0 Å². The van der Waals surface area contributed by atoms with Crippen LogP contribution in [0, 0.1) is 0 Å². The van der Waals surface area contributed by atoms with Crippen LogP contribution in [0.2, 0.25) is 0 Å². The van der Waals surface area contributed by atoms with E-state index in [1.165, 1.54) is 17.8 Å². The van der Waals surface area contributed by atoms with Crippen LogP contribution in [0.5, 0.6) is 0 Å². The van der Waals surface area contributed by atoms with Crippen LogP contribution in [-0.4, -0.2) is 52.3 Å². The number of carbonyl (C=O) groups is 1. The van der Waals surface area contributed by atoms with E-state index < -0.39 is 19.9 Å².